The molecule has 0 aliphatic rings. The van der Waals surface area contributed by atoms with E-state index in [4.69, 9.17) is 21.1 Å². The molecule has 0 atom stereocenters. The summed E-state index contributed by atoms with van der Waals surface area (Å²) in [6.07, 6.45) is 2.15. The van der Waals surface area contributed by atoms with E-state index in [1.54, 1.807) is 7.11 Å². The van der Waals surface area contributed by atoms with Crippen LogP contribution < -0.4 is 9.47 Å². The molecule has 3 nitrogen and oxygen atoms in total. The third kappa shape index (κ3) is 2.81. The topological polar surface area (TPSA) is 31.4 Å². The summed E-state index contributed by atoms with van der Waals surface area (Å²) in [5.74, 6) is 1.60. The van der Waals surface area contributed by atoms with E-state index in [1.807, 2.05) is 36.4 Å². The fraction of sp³-hybridized carbons (Fsp3) is 0.278. The first-order chi connectivity index (χ1) is 10.7. The van der Waals surface area contributed by atoms with Crippen molar-refractivity contribution in [3.8, 4) is 11.5 Å². The Labute approximate surface area is 134 Å². The fourth-order valence-corrected chi connectivity index (χ4v) is 2.71. The molecule has 0 saturated carbocycles. The van der Waals surface area contributed by atoms with Crippen molar-refractivity contribution in [2.75, 3.05) is 13.7 Å². The summed E-state index contributed by atoms with van der Waals surface area (Å²) < 4.78 is 11.0. The van der Waals surface area contributed by atoms with Crippen LogP contribution in [0.5, 0.6) is 11.5 Å². The molecule has 0 N–H and O–H groups in total. The van der Waals surface area contributed by atoms with Gasteiger partial charge < -0.3 is 9.47 Å². The van der Waals surface area contributed by atoms with E-state index in [0.29, 0.717) is 11.6 Å². The maximum absolute atomic E-state index is 6.59. The minimum Gasteiger partial charge on any atom is -0.497 e. The zero-order valence-corrected chi connectivity index (χ0v) is 13.5. The van der Waals surface area contributed by atoms with Crippen molar-refractivity contribution in [3.63, 3.8) is 0 Å². The number of aromatic nitrogens is 1. The van der Waals surface area contributed by atoms with Gasteiger partial charge in [0.05, 0.1) is 29.8 Å². The minimum absolute atomic E-state index is 0.680. The Morgan fingerprint density at radius 3 is 2.27 bits per heavy atom. The van der Waals surface area contributed by atoms with E-state index in [0.717, 1.165) is 46.1 Å². The standard InChI is InChI=1S/C18H18ClNO2/c1-3-4-9-22-13-6-8-17-15(11-13)18(19)14-10-12(21-2)5-7-16(14)20-17/h5-8,10-11H,3-4,9H2,1-2H3. The van der Waals surface area contributed by atoms with Gasteiger partial charge in [-0.2, -0.15) is 0 Å². The summed E-state index contributed by atoms with van der Waals surface area (Å²) in [4.78, 5) is 4.66. The lowest BCUT2D eigenvalue weighted by atomic mass is 10.1. The van der Waals surface area contributed by atoms with Gasteiger partial charge in [0.2, 0.25) is 0 Å². The Balaban J connectivity index is 2.10. The molecule has 0 saturated heterocycles. The van der Waals surface area contributed by atoms with Crippen molar-refractivity contribution in [3.05, 3.63) is 41.4 Å². The van der Waals surface area contributed by atoms with E-state index in [1.165, 1.54) is 0 Å². The predicted molar refractivity (Wildman–Crippen MR) is 91.2 cm³/mol. The van der Waals surface area contributed by atoms with Crippen molar-refractivity contribution in [2.45, 2.75) is 19.8 Å². The number of ether oxygens (including phenoxy) is 2. The zero-order chi connectivity index (χ0) is 15.5. The maximum Gasteiger partial charge on any atom is 0.120 e. The first-order valence-electron chi connectivity index (χ1n) is 7.42. The quantitative estimate of drug-likeness (QED) is 0.477. The van der Waals surface area contributed by atoms with Gasteiger partial charge in [-0.15, -0.1) is 0 Å². The average molecular weight is 316 g/mol. The number of benzene rings is 2. The van der Waals surface area contributed by atoms with Crippen molar-refractivity contribution < 1.29 is 9.47 Å². The number of rotatable bonds is 5. The average Bonchev–Trinajstić information content (AvgIpc) is 2.55. The molecule has 0 spiro atoms. The van der Waals surface area contributed by atoms with Crippen molar-refractivity contribution in [1.82, 2.24) is 4.98 Å². The lowest BCUT2D eigenvalue weighted by Gasteiger charge is -2.10. The summed E-state index contributed by atoms with van der Waals surface area (Å²) in [5.41, 5.74) is 1.73. The van der Waals surface area contributed by atoms with Gasteiger partial charge in [-0.1, -0.05) is 24.9 Å². The van der Waals surface area contributed by atoms with Crippen LogP contribution in [-0.4, -0.2) is 18.7 Å². The number of unbranched alkanes of at least 4 members (excludes halogenated alkanes) is 1. The van der Waals surface area contributed by atoms with Crippen LogP contribution in [-0.2, 0) is 0 Å². The molecular formula is C18H18ClNO2. The molecular weight excluding hydrogens is 298 g/mol. The Morgan fingerprint density at radius 1 is 1.00 bits per heavy atom. The zero-order valence-electron chi connectivity index (χ0n) is 12.7. The van der Waals surface area contributed by atoms with Gasteiger partial charge in [0.1, 0.15) is 11.5 Å². The molecule has 3 rings (SSSR count). The first kappa shape index (κ1) is 14.9. The molecule has 1 aromatic heterocycles. The third-order valence-electron chi connectivity index (χ3n) is 3.65. The van der Waals surface area contributed by atoms with E-state index < -0.39 is 0 Å². The summed E-state index contributed by atoms with van der Waals surface area (Å²) in [7, 11) is 1.64. The summed E-state index contributed by atoms with van der Waals surface area (Å²) in [6.45, 7) is 2.86. The molecule has 0 radical (unpaired) electrons. The van der Waals surface area contributed by atoms with Gasteiger partial charge >= 0.3 is 0 Å². The number of nitrogens with zero attached hydrogens (tertiary/aromatic N) is 1. The molecule has 2 aromatic carbocycles. The fourth-order valence-electron chi connectivity index (χ4n) is 2.40. The molecule has 3 aromatic rings. The molecule has 0 unspecified atom stereocenters. The maximum atomic E-state index is 6.59. The lowest BCUT2D eigenvalue weighted by Crippen LogP contribution is -1.96. The van der Waals surface area contributed by atoms with E-state index in [2.05, 4.69) is 11.9 Å². The molecule has 0 bridgehead atoms. The normalized spacial score (nSPS) is 11.0. The van der Waals surface area contributed by atoms with Crippen LogP contribution in [0.1, 0.15) is 19.8 Å². The molecule has 0 aliphatic heterocycles. The van der Waals surface area contributed by atoms with Crippen LogP contribution in [0, 0.1) is 0 Å². The number of halogens is 1. The van der Waals surface area contributed by atoms with Crippen LogP contribution in [0.25, 0.3) is 21.8 Å². The van der Waals surface area contributed by atoms with E-state index in [-0.39, 0.29) is 0 Å². The molecule has 4 heteroatoms. The second-order valence-electron chi connectivity index (χ2n) is 5.19. The minimum atomic E-state index is 0.680. The number of pyridine rings is 1. The second-order valence-corrected chi connectivity index (χ2v) is 5.57. The Kier molecular flexibility index (Phi) is 4.34. The smallest absolute Gasteiger partial charge is 0.120 e. The molecule has 1 heterocycles. The van der Waals surface area contributed by atoms with Gasteiger partial charge in [-0.3, -0.25) is 0 Å². The Hall–Kier alpha value is -2.00. The van der Waals surface area contributed by atoms with Crippen molar-refractivity contribution in [1.29, 1.82) is 0 Å². The predicted octanol–water partition coefficient (Wildman–Crippen LogP) is 5.23. The number of hydrogen-bond acceptors (Lipinski definition) is 3. The number of methoxy groups -OCH3 is 1. The molecule has 22 heavy (non-hydrogen) atoms. The summed E-state index contributed by atoms with van der Waals surface area (Å²) in [5, 5.41) is 2.47. The SMILES string of the molecule is CCCCOc1ccc2nc3ccc(OC)cc3c(Cl)c2c1. The molecule has 0 amide bonds. The highest BCUT2D eigenvalue weighted by Crippen LogP contribution is 2.34. The van der Waals surface area contributed by atoms with Gasteiger partial charge in [0.25, 0.3) is 0 Å². The van der Waals surface area contributed by atoms with Crippen LogP contribution in [0.4, 0.5) is 0 Å². The van der Waals surface area contributed by atoms with Crippen LogP contribution in [0.15, 0.2) is 36.4 Å². The number of fused-ring (bicyclic) bond motifs is 2. The molecule has 114 valence electrons. The van der Waals surface area contributed by atoms with Gasteiger partial charge in [-0.05, 0) is 42.8 Å². The van der Waals surface area contributed by atoms with E-state index >= 15 is 0 Å². The highest BCUT2D eigenvalue weighted by molar-refractivity contribution is 6.40. The van der Waals surface area contributed by atoms with Gasteiger partial charge in [0.15, 0.2) is 0 Å². The van der Waals surface area contributed by atoms with Crippen LogP contribution >= 0.6 is 11.6 Å². The Morgan fingerprint density at radius 2 is 1.64 bits per heavy atom. The Bertz CT molecular complexity index is 817. The van der Waals surface area contributed by atoms with E-state index in [9.17, 15) is 0 Å². The highest BCUT2D eigenvalue weighted by atomic mass is 35.5. The van der Waals surface area contributed by atoms with Crippen LogP contribution in [0.3, 0.4) is 0 Å². The molecule has 0 fully saturated rings. The van der Waals surface area contributed by atoms with Crippen LogP contribution in [0.2, 0.25) is 5.02 Å². The monoisotopic (exact) mass is 315 g/mol. The largest absolute Gasteiger partial charge is 0.497 e. The lowest BCUT2D eigenvalue weighted by molar-refractivity contribution is 0.310. The third-order valence-corrected chi connectivity index (χ3v) is 4.06. The second kappa shape index (κ2) is 6.41. The van der Waals surface area contributed by atoms with Gasteiger partial charge in [-0.25, -0.2) is 4.98 Å². The van der Waals surface area contributed by atoms with Gasteiger partial charge in [0, 0.05) is 10.8 Å². The summed E-state index contributed by atoms with van der Waals surface area (Å²) >= 11 is 6.59. The highest BCUT2D eigenvalue weighted by Gasteiger charge is 2.09. The molecule has 0 aliphatic carbocycles. The van der Waals surface area contributed by atoms with Crippen molar-refractivity contribution in [2.24, 2.45) is 0 Å². The first-order valence-corrected chi connectivity index (χ1v) is 7.80. The summed E-state index contributed by atoms with van der Waals surface area (Å²) in [6, 6.07) is 11.6. The van der Waals surface area contributed by atoms with Crippen molar-refractivity contribution >= 4 is 33.4 Å². The number of hydrogen-bond donors (Lipinski definition) is 0.